The molecule has 0 atom stereocenters. The Labute approximate surface area is 193 Å². The van der Waals surface area contributed by atoms with Crippen LogP contribution in [0.2, 0.25) is 5.02 Å². The number of nitrogens with one attached hydrogen (secondary N) is 2. The van der Waals surface area contributed by atoms with Gasteiger partial charge in [-0.3, -0.25) is 9.89 Å². The van der Waals surface area contributed by atoms with Crippen molar-refractivity contribution in [3.05, 3.63) is 23.0 Å². The number of H-pyrrole nitrogens is 1. The quantitative estimate of drug-likeness (QED) is 0.703. The first-order chi connectivity index (χ1) is 15.4. The number of hydrogen-bond donors (Lipinski definition) is 2. The second-order valence-electron chi connectivity index (χ2n) is 9.02. The Morgan fingerprint density at radius 1 is 1.44 bits per heavy atom. The summed E-state index contributed by atoms with van der Waals surface area (Å²) >= 11 is 6.31. The number of piperidine rings is 1. The number of rotatable bonds is 5. The van der Waals surface area contributed by atoms with Crippen LogP contribution in [-0.4, -0.2) is 57.2 Å². The van der Waals surface area contributed by atoms with Crippen LogP contribution < -0.4 is 10.2 Å². The maximum absolute atomic E-state index is 12.2. The van der Waals surface area contributed by atoms with E-state index in [-0.39, 0.29) is 17.7 Å². The van der Waals surface area contributed by atoms with Crippen LogP contribution in [0.25, 0.3) is 0 Å². The molecule has 2 aliphatic rings. The molecule has 32 heavy (non-hydrogen) atoms. The van der Waals surface area contributed by atoms with Gasteiger partial charge in [0.1, 0.15) is 11.4 Å². The Morgan fingerprint density at radius 3 is 2.91 bits per heavy atom. The van der Waals surface area contributed by atoms with Crippen molar-refractivity contribution in [3.63, 3.8) is 0 Å². The van der Waals surface area contributed by atoms with Gasteiger partial charge in [-0.25, -0.2) is 4.98 Å². The van der Waals surface area contributed by atoms with Crippen LogP contribution in [0.5, 0.6) is 0 Å². The number of nitrogens with zero attached hydrogens (tertiary/aromatic N) is 6. The number of anilines is 3. The van der Waals surface area contributed by atoms with Gasteiger partial charge in [0.25, 0.3) is 0 Å². The molecule has 0 bridgehead atoms. The first-order valence-corrected chi connectivity index (χ1v) is 11.5. The van der Waals surface area contributed by atoms with Crippen LogP contribution >= 0.6 is 11.6 Å². The molecule has 1 saturated heterocycles. The van der Waals surface area contributed by atoms with Gasteiger partial charge < -0.3 is 15.1 Å². The van der Waals surface area contributed by atoms with Crippen molar-refractivity contribution < 1.29 is 4.79 Å². The summed E-state index contributed by atoms with van der Waals surface area (Å²) in [6, 6.07) is 4.20. The molecule has 170 valence electrons. The zero-order valence-corrected chi connectivity index (χ0v) is 19.3. The van der Waals surface area contributed by atoms with E-state index in [2.05, 4.69) is 30.4 Å². The summed E-state index contributed by atoms with van der Waals surface area (Å²) in [5.74, 6) is 1.78. The van der Waals surface area contributed by atoms with Crippen molar-refractivity contribution in [2.24, 2.45) is 5.41 Å². The monoisotopic (exact) mass is 456 g/mol. The van der Waals surface area contributed by atoms with Gasteiger partial charge in [0, 0.05) is 37.9 Å². The van der Waals surface area contributed by atoms with E-state index in [0.29, 0.717) is 28.6 Å². The SMILES string of the molecule is Cc1cc(Nc2nc(N(C)C3CCC4(CCCN(C(=O)CC#N)C4)CC3)ncc2Cl)n[nH]1. The van der Waals surface area contributed by atoms with Crippen molar-refractivity contribution in [2.45, 2.75) is 57.9 Å². The van der Waals surface area contributed by atoms with Crippen LogP contribution in [0.15, 0.2) is 12.3 Å². The first kappa shape index (κ1) is 22.3. The minimum absolute atomic E-state index is 0.0242. The van der Waals surface area contributed by atoms with Crippen LogP contribution in [0, 0.1) is 23.7 Å². The number of halogens is 1. The molecule has 0 aromatic carbocycles. The molecule has 10 heteroatoms. The normalized spacial score (nSPS) is 23.1. The van der Waals surface area contributed by atoms with E-state index in [1.54, 1.807) is 6.20 Å². The van der Waals surface area contributed by atoms with Gasteiger partial charge in [-0.2, -0.15) is 15.3 Å². The van der Waals surface area contributed by atoms with Gasteiger partial charge >= 0.3 is 0 Å². The van der Waals surface area contributed by atoms with Gasteiger partial charge in [0.15, 0.2) is 11.6 Å². The number of amides is 1. The molecule has 1 spiro atoms. The molecule has 2 N–H and O–H groups in total. The summed E-state index contributed by atoms with van der Waals surface area (Å²) in [7, 11) is 2.03. The lowest BCUT2D eigenvalue weighted by Gasteiger charge is -2.48. The number of aryl methyl sites for hydroxylation is 1. The number of aromatic nitrogens is 4. The van der Waals surface area contributed by atoms with E-state index in [9.17, 15) is 4.79 Å². The summed E-state index contributed by atoms with van der Waals surface area (Å²) in [5.41, 5.74) is 1.12. The number of hydrogen-bond acceptors (Lipinski definition) is 7. The Hall–Kier alpha value is -2.86. The van der Waals surface area contributed by atoms with Crippen molar-refractivity contribution in [1.82, 2.24) is 25.1 Å². The van der Waals surface area contributed by atoms with E-state index in [1.807, 2.05) is 31.0 Å². The highest BCUT2D eigenvalue weighted by atomic mass is 35.5. The molecule has 0 radical (unpaired) electrons. The fraction of sp³-hybridized carbons (Fsp3) is 0.591. The predicted molar refractivity (Wildman–Crippen MR) is 123 cm³/mol. The highest BCUT2D eigenvalue weighted by molar-refractivity contribution is 6.32. The summed E-state index contributed by atoms with van der Waals surface area (Å²) in [6.07, 6.45) is 7.91. The third-order valence-electron chi connectivity index (χ3n) is 6.81. The molecule has 2 fully saturated rings. The van der Waals surface area contributed by atoms with Crippen LogP contribution in [0.1, 0.15) is 50.6 Å². The summed E-state index contributed by atoms with van der Waals surface area (Å²) in [6.45, 7) is 3.48. The van der Waals surface area contributed by atoms with E-state index >= 15 is 0 Å². The highest BCUT2D eigenvalue weighted by Gasteiger charge is 2.41. The molecule has 3 heterocycles. The molecule has 2 aromatic rings. The topological polar surface area (TPSA) is 114 Å². The maximum Gasteiger partial charge on any atom is 0.236 e. The number of likely N-dealkylation sites (tertiary alicyclic amines) is 1. The Bertz CT molecular complexity index is 1010. The standard InChI is InChI=1S/C22H29ClN8O/c1-15-12-18(29-28-15)26-20-17(23)13-25-21(27-20)30(2)16-4-8-22(9-5-16)7-3-11-31(14-22)19(32)6-10-24/h12-13,16H,3-9,11,14H2,1-2H3,(H2,25,26,27,28,29). The number of carbonyl (C=O) groups is 1. The zero-order valence-electron chi connectivity index (χ0n) is 18.6. The van der Waals surface area contributed by atoms with Crippen molar-refractivity contribution >= 4 is 35.1 Å². The van der Waals surface area contributed by atoms with Gasteiger partial charge in [-0.1, -0.05) is 11.6 Å². The second-order valence-corrected chi connectivity index (χ2v) is 9.43. The predicted octanol–water partition coefficient (Wildman–Crippen LogP) is 3.81. The van der Waals surface area contributed by atoms with Gasteiger partial charge in [0.2, 0.25) is 11.9 Å². The smallest absolute Gasteiger partial charge is 0.236 e. The average molecular weight is 457 g/mol. The van der Waals surface area contributed by atoms with Crippen molar-refractivity contribution in [3.8, 4) is 6.07 Å². The molecule has 1 amide bonds. The molecular weight excluding hydrogens is 428 g/mol. The fourth-order valence-corrected chi connectivity index (χ4v) is 5.13. The minimum Gasteiger partial charge on any atom is -0.341 e. The lowest BCUT2D eigenvalue weighted by Crippen LogP contribution is -2.49. The van der Waals surface area contributed by atoms with Crippen LogP contribution in [0.3, 0.4) is 0 Å². The third kappa shape index (κ3) is 4.80. The van der Waals surface area contributed by atoms with E-state index in [1.165, 1.54) is 0 Å². The van der Waals surface area contributed by atoms with Crippen LogP contribution in [-0.2, 0) is 4.79 Å². The maximum atomic E-state index is 12.2. The molecule has 1 aliphatic heterocycles. The number of carbonyl (C=O) groups excluding carboxylic acids is 1. The number of nitriles is 1. The van der Waals surface area contributed by atoms with Gasteiger partial charge in [0.05, 0.1) is 12.3 Å². The highest BCUT2D eigenvalue weighted by Crippen LogP contribution is 2.44. The Balaban J connectivity index is 1.40. The molecule has 1 aliphatic carbocycles. The largest absolute Gasteiger partial charge is 0.341 e. The molecule has 1 saturated carbocycles. The van der Waals surface area contributed by atoms with Crippen molar-refractivity contribution in [2.75, 3.05) is 30.4 Å². The second kappa shape index (κ2) is 9.33. The van der Waals surface area contributed by atoms with Crippen molar-refractivity contribution in [1.29, 1.82) is 5.26 Å². The summed E-state index contributed by atoms with van der Waals surface area (Å²) in [5, 5.41) is 19.5. The Kier molecular flexibility index (Phi) is 6.51. The van der Waals surface area contributed by atoms with Gasteiger partial charge in [-0.15, -0.1) is 0 Å². The van der Waals surface area contributed by atoms with E-state index < -0.39 is 0 Å². The lowest BCUT2D eigenvalue weighted by molar-refractivity contribution is -0.134. The number of aromatic amines is 1. The molecule has 2 aromatic heterocycles. The molecule has 0 unspecified atom stereocenters. The minimum atomic E-state index is -0.0347. The lowest BCUT2D eigenvalue weighted by atomic mass is 9.68. The molecular formula is C22H29ClN8O. The van der Waals surface area contributed by atoms with E-state index in [0.717, 1.165) is 57.3 Å². The molecule has 4 rings (SSSR count). The summed E-state index contributed by atoms with van der Waals surface area (Å²) in [4.78, 5) is 25.4. The fourth-order valence-electron chi connectivity index (χ4n) is 4.99. The van der Waals surface area contributed by atoms with Crippen LogP contribution in [0.4, 0.5) is 17.6 Å². The van der Waals surface area contributed by atoms with Gasteiger partial charge in [-0.05, 0) is 50.9 Å². The first-order valence-electron chi connectivity index (χ1n) is 11.1. The van der Waals surface area contributed by atoms with E-state index in [4.69, 9.17) is 16.9 Å². The Morgan fingerprint density at radius 2 is 2.22 bits per heavy atom. The summed E-state index contributed by atoms with van der Waals surface area (Å²) < 4.78 is 0. The molecule has 9 nitrogen and oxygen atoms in total. The zero-order chi connectivity index (χ0) is 22.7. The average Bonchev–Trinajstić information content (AvgIpc) is 3.20. The third-order valence-corrected chi connectivity index (χ3v) is 7.08.